The van der Waals surface area contributed by atoms with Gasteiger partial charge in [-0.15, -0.1) is 5.10 Å². The molecule has 1 amide bonds. The predicted molar refractivity (Wildman–Crippen MR) is 142 cm³/mol. The second kappa shape index (κ2) is 11.5. The summed E-state index contributed by atoms with van der Waals surface area (Å²) < 4.78 is 12.0. The van der Waals surface area contributed by atoms with E-state index in [9.17, 15) is 9.59 Å². The van der Waals surface area contributed by atoms with Gasteiger partial charge < -0.3 is 19.8 Å². The first-order valence-electron chi connectivity index (χ1n) is 12.8. The van der Waals surface area contributed by atoms with Crippen molar-refractivity contribution in [2.45, 2.75) is 38.4 Å². The highest BCUT2D eigenvalue weighted by molar-refractivity contribution is 5.86. The van der Waals surface area contributed by atoms with Gasteiger partial charge in [-0.1, -0.05) is 35.5 Å². The highest BCUT2D eigenvalue weighted by atomic mass is 16.5. The number of rotatable bonds is 10. The first-order chi connectivity index (χ1) is 18.6. The zero-order valence-electron chi connectivity index (χ0n) is 21.6. The summed E-state index contributed by atoms with van der Waals surface area (Å²) in [5, 5.41) is 12.4. The highest BCUT2D eigenvalue weighted by Gasteiger charge is 2.38. The van der Waals surface area contributed by atoms with E-state index in [-0.39, 0.29) is 23.7 Å². The molecule has 3 heterocycles. The molecular formula is C28H32N6O4. The van der Waals surface area contributed by atoms with Gasteiger partial charge in [0.05, 0.1) is 32.0 Å². The molecule has 2 aromatic carbocycles. The molecule has 0 bridgehead atoms. The molecule has 0 spiro atoms. The third kappa shape index (κ3) is 5.55. The zero-order chi connectivity index (χ0) is 26.5. The second-order valence-electron chi connectivity index (χ2n) is 9.39. The van der Waals surface area contributed by atoms with Crippen molar-refractivity contribution >= 4 is 22.8 Å². The molecule has 0 saturated carbocycles. The summed E-state index contributed by atoms with van der Waals surface area (Å²) >= 11 is 0. The number of amides is 1. The molecule has 1 aliphatic rings. The highest BCUT2D eigenvalue weighted by Crippen LogP contribution is 2.29. The standard InChI is InChI=1S/C28H32N6O4/c1-3-38-22-10-8-19(9-11-22)16-33-17-21(34-18-25(31-32-34)28(36)37-2)14-26(33)27(35)29-13-12-20-15-30-24-7-5-4-6-23(20)24/h4-11,15,18,21,26,30H,3,12-14,16-17H2,1-2H3,(H,29,35)/t21-,26+/m1/s1. The maximum atomic E-state index is 13.4. The maximum Gasteiger partial charge on any atom is 0.360 e. The number of hydrogen-bond donors (Lipinski definition) is 2. The number of benzene rings is 2. The van der Waals surface area contributed by atoms with Crippen LogP contribution < -0.4 is 10.1 Å². The molecule has 2 N–H and O–H groups in total. The quantitative estimate of drug-likeness (QED) is 0.311. The van der Waals surface area contributed by atoms with Gasteiger partial charge in [-0.05, 0) is 49.1 Å². The average Bonchev–Trinajstić information content (AvgIpc) is 3.68. The molecule has 0 radical (unpaired) electrons. The van der Waals surface area contributed by atoms with Crippen LogP contribution in [0, 0.1) is 0 Å². The molecule has 38 heavy (non-hydrogen) atoms. The molecular weight excluding hydrogens is 484 g/mol. The van der Waals surface area contributed by atoms with E-state index in [1.54, 1.807) is 10.9 Å². The van der Waals surface area contributed by atoms with Crippen LogP contribution >= 0.6 is 0 Å². The monoisotopic (exact) mass is 516 g/mol. The van der Waals surface area contributed by atoms with E-state index in [1.165, 1.54) is 18.1 Å². The van der Waals surface area contributed by atoms with Gasteiger partial charge in [-0.3, -0.25) is 9.69 Å². The number of para-hydroxylation sites is 1. The van der Waals surface area contributed by atoms with E-state index in [1.807, 2.05) is 55.6 Å². The lowest BCUT2D eigenvalue weighted by Crippen LogP contribution is -2.43. The number of H-pyrrole nitrogens is 1. The number of aromatic nitrogens is 4. The van der Waals surface area contributed by atoms with Crippen molar-refractivity contribution in [1.82, 2.24) is 30.2 Å². The van der Waals surface area contributed by atoms with E-state index >= 15 is 0 Å². The van der Waals surface area contributed by atoms with Crippen molar-refractivity contribution in [3.63, 3.8) is 0 Å². The average molecular weight is 517 g/mol. The molecule has 1 fully saturated rings. The molecule has 5 rings (SSSR count). The number of nitrogens with zero attached hydrogens (tertiary/aromatic N) is 4. The van der Waals surface area contributed by atoms with Crippen LogP contribution in [-0.2, 0) is 22.5 Å². The van der Waals surface area contributed by atoms with Crippen LogP contribution in [0.1, 0.15) is 41.0 Å². The molecule has 1 saturated heterocycles. The number of nitrogens with one attached hydrogen (secondary N) is 2. The summed E-state index contributed by atoms with van der Waals surface area (Å²) in [7, 11) is 1.31. The van der Waals surface area contributed by atoms with Crippen LogP contribution in [0.15, 0.2) is 60.9 Å². The van der Waals surface area contributed by atoms with E-state index < -0.39 is 5.97 Å². The van der Waals surface area contributed by atoms with Gasteiger partial charge in [0.1, 0.15) is 5.75 Å². The lowest BCUT2D eigenvalue weighted by Gasteiger charge is -2.23. The minimum atomic E-state index is -0.535. The summed E-state index contributed by atoms with van der Waals surface area (Å²) in [6.07, 6.45) is 4.88. The topological polar surface area (TPSA) is 114 Å². The molecule has 2 atom stereocenters. The normalized spacial score (nSPS) is 17.5. The minimum absolute atomic E-state index is 0.0217. The molecule has 1 aliphatic heterocycles. The Morgan fingerprint density at radius 1 is 1.16 bits per heavy atom. The third-order valence-corrected chi connectivity index (χ3v) is 6.95. The number of methoxy groups -OCH3 is 1. The Bertz CT molecular complexity index is 1400. The number of ether oxygens (including phenoxy) is 2. The lowest BCUT2D eigenvalue weighted by molar-refractivity contribution is -0.125. The van der Waals surface area contributed by atoms with Gasteiger partial charge in [0.25, 0.3) is 0 Å². The summed E-state index contributed by atoms with van der Waals surface area (Å²) in [6.45, 7) is 4.30. The third-order valence-electron chi connectivity index (χ3n) is 6.95. The Balaban J connectivity index is 1.28. The van der Waals surface area contributed by atoms with Crippen LogP contribution in [0.2, 0.25) is 0 Å². The van der Waals surface area contributed by atoms with Crippen LogP contribution in [0.3, 0.4) is 0 Å². The van der Waals surface area contributed by atoms with E-state index in [0.29, 0.717) is 32.7 Å². The second-order valence-corrected chi connectivity index (χ2v) is 9.39. The molecule has 10 heteroatoms. The molecule has 2 aromatic heterocycles. The van der Waals surface area contributed by atoms with Gasteiger partial charge in [0.15, 0.2) is 5.69 Å². The van der Waals surface area contributed by atoms with Crippen molar-refractivity contribution in [3.05, 3.63) is 77.7 Å². The Hall–Kier alpha value is -4.18. The summed E-state index contributed by atoms with van der Waals surface area (Å²) in [5.41, 5.74) is 3.50. The molecule has 10 nitrogen and oxygen atoms in total. The largest absolute Gasteiger partial charge is 0.494 e. The number of carbonyl (C=O) groups is 2. The van der Waals surface area contributed by atoms with Gasteiger partial charge in [0, 0.05) is 36.7 Å². The fourth-order valence-corrected chi connectivity index (χ4v) is 5.04. The Kier molecular flexibility index (Phi) is 7.69. The zero-order valence-corrected chi connectivity index (χ0v) is 21.6. The van der Waals surface area contributed by atoms with Crippen molar-refractivity contribution in [3.8, 4) is 5.75 Å². The number of fused-ring (bicyclic) bond motifs is 1. The lowest BCUT2D eigenvalue weighted by atomic mass is 10.1. The predicted octanol–water partition coefficient (Wildman–Crippen LogP) is 3.12. The smallest absolute Gasteiger partial charge is 0.360 e. The van der Waals surface area contributed by atoms with Crippen molar-refractivity contribution in [2.75, 3.05) is 26.8 Å². The van der Waals surface area contributed by atoms with Gasteiger partial charge in [-0.2, -0.15) is 0 Å². The van der Waals surface area contributed by atoms with E-state index in [4.69, 9.17) is 9.47 Å². The fraction of sp³-hybridized carbons (Fsp3) is 0.357. The van der Waals surface area contributed by atoms with Crippen LogP contribution in [0.4, 0.5) is 0 Å². The SMILES string of the molecule is CCOc1ccc(CN2C[C@H](n3cc(C(=O)OC)nn3)C[C@H]2C(=O)NCCc2c[nH]c3ccccc23)cc1. The first kappa shape index (κ1) is 25.5. The first-order valence-corrected chi connectivity index (χ1v) is 12.8. The Morgan fingerprint density at radius 2 is 1.97 bits per heavy atom. The minimum Gasteiger partial charge on any atom is -0.494 e. The molecule has 4 aromatic rings. The van der Waals surface area contributed by atoms with Crippen molar-refractivity contribution in [1.29, 1.82) is 0 Å². The number of likely N-dealkylation sites (tertiary alicyclic amines) is 1. The summed E-state index contributed by atoms with van der Waals surface area (Å²) in [6, 6.07) is 15.6. The Morgan fingerprint density at radius 3 is 2.76 bits per heavy atom. The van der Waals surface area contributed by atoms with Crippen LogP contribution in [0.25, 0.3) is 10.9 Å². The number of esters is 1. The van der Waals surface area contributed by atoms with Crippen molar-refractivity contribution in [2.24, 2.45) is 0 Å². The van der Waals surface area contributed by atoms with Crippen LogP contribution in [0.5, 0.6) is 5.75 Å². The maximum absolute atomic E-state index is 13.4. The van der Waals surface area contributed by atoms with E-state index in [0.717, 1.165) is 23.3 Å². The number of aromatic amines is 1. The molecule has 0 aliphatic carbocycles. The van der Waals surface area contributed by atoms with Gasteiger partial charge in [0.2, 0.25) is 5.91 Å². The number of hydrogen-bond acceptors (Lipinski definition) is 7. The van der Waals surface area contributed by atoms with Gasteiger partial charge in [-0.25, -0.2) is 9.48 Å². The number of carbonyl (C=O) groups excluding carboxylic acids is 2. The molecule has 0 unspecified atom stereocenters. The summed E-state index contributed by atoms with van der Waals surface area (Å²) in [5.74, 6) is 0.263. The van der Waals surface area contributed by atoms with Crippen LogP contribution in [-0.4, -0.2) is 69.6 Å². The van der Waals surface area contributed by atoms with E-state index in [2.05, 4.69) is 31.6 Å². The molecule has 198 valence electrons. The van der Waals surface area contributed by atoms with Gasteiger partial charge >= 0.3 is 5.97 Å². The summed E-state index contributed by atoms with van der Waals surface area (Å²) in [4.78, 5) is 30.7. The Labute approximate surface area is 220 Å². The van der Waals surface area contributed by atoms with Crippen molar-refractivity contribution < 1.29 is 19.1 Å². The fourth-order valence-electron chi connectivity index (χ4n) is 5.04.